The lowest BCUT2D eigenvalue weighted by molar-refractivity contribution is 0.578. The lowest BCUT2D eigenvalue weighted by atomic mass is 10.0. The first-order valence-electron chi connectivity index (χ1n) is 6.28. The van der Waals surface area contributed by atoms with Gasteiger partial charge in [0.15, 0.2) is 0 Å². The van der Waals surface area contributed by atoms with Crippen molar-refractivity contribution < 1.29 is 0 Å². The number of hydrogen-bond acceptors (Lipinski definition) is 3. The third-order valence-corrected chi connectivity index (χ3v) is 4.20. The highest BCUT2D eigenvalue weighted by molar-refractivity contribution is 7.11. The van der Waals surface area contributed by atoms with E-state index in [0.717, 1.165) is 11.6 Å². The van der Waals surface area contributed by atoms with Gasteiger partial charge in [0.25, 0.3) is 0 Å². The molecule has 1 heterocycles. The zero-order valence-corrected chi connectivity index (χ0v) is 12.3. The third-order valence-electron chi connectivity index (χ3n) is 3.28. The Morgan fingerprint density at radius 3 is 2.61 bits per heavy atom. The van der Waals surface area contributed by atoms with Crippen molar-refractivity contribution in [2.24, 2.45) is 0 Å². The van der Waals surface area contributed by atoms with E-state index in [1.807, 2.05) is 13.1 Å². The van der Waals surface area contributed by atoms with Gasteiger partial charge in [0.05, 0.1) is 5.01 Å². The summed E-state index contributed by atoms with van der Waals surface area (Å²) in [4.78, 5) is 5.57. The van der Waals surface area contributed by atoms with E-state index in [0.29, 0.717) is 6.04 Å². The van der Waals surface area contributed by atoms with Crippen molar-refractivity contribution in [2.75, 3.05) is 0 Å². The van der Waals surface area contributed by atoms with Crippen LogP contribution in [0.25, 0.3) is 0 Å². The molecule has 0 saturated heterocycles. The highest BCUT2D eigenvalue weighted by Crippen LogP contribution is 2.18. The van der Waals surface area contributed by atoms with Crippen LogP contribution in [0.3, 0.4) is 0 Å². The van der Waals surface area contributed by atoms with Gasteiger partial charge in [-0.1, -0.05) is 18.2 Å². The minimum absolute atomic E-state index is 0.367. The summed E-state index contributed by atoms with van der Waals surface area (Å²) in [6.45, 7) is 9.45. The minimum atomic E-state index is 0.367. The number of aryl methyl sites for hydroxylation is 3. The summed E-state index contributed by atoms with van der Waals surface area (Å²) in [5.41, 5.74) is 4.05. The molecule has 0 spiro atoms. The zero-order valence-electron chi connectivity index (χ0n) is 11.4. The van der Waals surface area contributed by atoms with E-state index in [-0.39, 0.29) is 0 Å². The smallest absolute Gasteiger partial charge is 0.0897 e. The fourth-order valence-electron chi connectivity index (χ4n) is 1.89. The van der Waals surface area contributed by atoms with Crippen LogP contribution >= 0.6 is 11.3 Å². The fraction of sp³-hybridized carbons (Fsp3) is 0.400. The number of nitrogens with zero attached hydrogens (tertiary/aromatic N) is 1. The molecular weight excluding hydrogens is 240 g/mol. The van der Waals surface area contributed by atoms with Crippen molar-refractivity contribution in [2.45, 2.75) is 40.3 Å². The summed E-state index contributed by atoms with van der Waals surface area (Å²) in [6, 6.07) is 7.04. The number of hydrogen-bond donors (Lipinski definition) is 1. The van der Waals surface area contributed by atoms with Crippen LogP contribution in [-0.2, 0) is 6.54 Å². The monoisotopic (exact) mass is 260 g/mol. The Hall–Kier alpha value is -1.19. The highest BCUT2D eigenvalue weighted by atomic mass is 32.1. The van der Waals surface area contributed by atoms with Crippen LogP contribution < -0.4 is 5.32 Å². The number of nitrogens with one attached hydrogen (secondary N) is 1. The van der Waals surface area contributed by atoms with E-state index < -0.39 is 0 Å². The average Bonchev–Trinajstić information content (AvgIpc) is 2.75. The third kappa shape index (κ3) is 3.18. The Kier molecular flexibility index (Phi) is 4.15. The first-order valence-corrected chi connectivity index (χ1v) is 7.10. The molecule has 96 valence electrons. The molecule has 18 heavy (non-hydrogen) atoms. The Labute approximate surface area is 113 Å². The number of rotatable bonds is 4. The second-order valence-corrected chi connectivity index (χ2v) is 6.11. The molecule has 0 saturated carbocycles. The average molecular weight is 260 g/mol. The van der Waals surface area contributed by atoms with E-state index >= 15 is 0 Å². The first-order chi connectivity index (χ1) is 8.56. The van der Waals surface area contributed by atoms with Gasteiger partial charge in [-0.25, -0.2) is 4.98 Å². The predicted octanol–water partition coefficient (Wildman–Crippen LogP) is 3.92. The molecule has 2 aromatic rings. The summed E-state index contributed by atoms with van der Waals surface area (Å²) in [7, 11) is 0. The van der Waals surface area contributed by atoms with Crippen LogP contribution in [0.2, 0.25) is 0 Å². The molecule has 0 radical (unpaired) electrons. The van der Waals surface area contributed by atoms with E-state index in [1.54, 1.807) is 11.3 Å². The van der Waals surface area contributed by atoms with Crippen LogP contribution in [0.5, 0.6) is 0 Å². The van der Waals surface area contributed by atoms with Crippen molar-refractivity contribution in [1.82, 2.24) is 10.3 Å². The maximum absolute atomic E-state index is 4.27. The van der Waals surface area contributed by atoms with E-state index in [1.165, 1.54) is 21.6 Å². The molecule has 3 heteroatoms. The largest absolute Gasteiger partial charge is 0.305 e. The summed E-state index contributed by atoms with van der Waals surface area (Å²) in [6.07, 6.45) is 1.96. The van der Waals surface area contributed by atoms with Crippen LogP contribution in [0.1, 0.15) is 39.5 Å². The molecule has 1 atom stereocenters. The van der Waals surface area contributed by atoms with Gasteiger partial charge < -0.3 is 5.32 Å². The van der Waals surface area contributed by atoms with E-state index in [4.69, 9.17) is 0 Å². The van der Waals surface area contributed by atoms with Gasteiger partial charge in [-0.2, -0.15) is 0 Å². The number of aromatic nitrogens is 1. The molecular formula is C15H20N2S. The van der Waals surface area contributed by atoms with Crippen LogP contribution in [0.4, 0.5) is 0 Å². The fourth-order valence-corrected chi connectivity index (χ4v) is 2.64. The summed E-state index contributed by atoms with van der Waals surface area (Å²) in [5.74, 6) is 0. The molecule has 2 rings (SSSR count). The van der Waals surface area contributed by atoms with Crippen LogP contribution in [0, 0.1) is 20.8 Å². The molecule has 0 fully saturated rings. The van der Waals surface area contributed by atoms with Crippen molar-refractivity contribution in [3.8, 4) is 0 Å². The molecule has 0 aliphatic rings. The standard InChI is InChI=1S/C15H20N2S/c1-10-5-6-14(7-11(10)2)12(3)16-8-15-9-17-13(4)18-15/h5-7,9,12,16H,8H2,1-4H3. The van der Waals surface area contributed by atoms with Crippen molar-refractivity contribution in [1.29, 1.82) is 0 Å². The van der Waals surface area contributed by atoms with Gasteiger partial charge in [-0.3, -0.25) is 0 Å². The SMILES string of the molecule is Cc1ncc(CNC(C)c2ccc(C)c(C)c2)s1. The van der Waals surface area contributed by atoms with Gasteiger partial charge in [0.2, 0.25) is 0 Å². The number of benzene rings is 1. The molecule has 0 amide bonds. The molecule has 1 aromatic carbocycles. The van der Waals surface area contributed by atoms with Crippen molar-refractivity contribution in [3.05, 3.63) is 51.0 Å². The lowest BCUT2D eigenvalue weighted by Gasteiger charge is -2.15. The van der Waals surface area contributed by atoms with E-state index in [9.17, 15) is 0 Å². The Morgan fingerprint density at radius 1 is 1.22 bits per heavy atom. The second-order valence-electron chi connectivity index (χ2n) is 4.79. The zero-order chi connectivity index (χ0) is 13.1. The normalized spacial score (nSPS) is 12.7. The number of thiazole rings is 1. The second kappa shape index (κ2) is 5.63. The maximum Gasteiger partial charge on any atom is 0.0897 e. The van der Waals surface area contributed by atoms with E-state index in [2.05, 4.69) is 49.3 Å². The molecule has 0 aliphatic carbocycles. The lowest BCUT2D eigenvalue weighted by Crippen LogP contribution is -2.17. The summed E-state index contributed by atoms with van der Waals surface area (Å²) in [5, 5.41) is 4.68. The van der Waals surface area contributed by atoms with Crippen LogP contribution in [0.15, 0.2) is 24.4 Å². The summed E-state index contributed by atoms with van der Waals surface area (Å²) < 4.78 is 0. The first kappa shape index (κ1) is 13.2. The van der Waals surface area contributed by atoms with Crippen molar-refractivity contribution >= 4 is 11.3 Å². The molecule has 2 nitrogen and oxygen atoms in total. The van der Waals surface area contributed by atoms with Gasteiger partial charge in [-0.05, 0) is 44.4 Å². The predicted molar refractivity (Wildman–Crippen MR) is 78.0 cm³/mol. The quantitative estimate of drug-likeness (QED) is 0.901. The Morgan fingerprint density at radius 2 is 2.00 bits per heavy atom. The topological polar surface area (TPSA) is 24.9 Å². The molecule has 1 N–H and O–H groups in total. The van der Waals surface area contributed by atoms with Crippen molar-refractivity contribution in [3.63, 3.8) is 0 Å². The Bertz CT molecular complexity index is 531. The van der Waals surface area contributed by atoms with Gasteiger partial charge >= 0.3 is 0 Å². The molecule has 1 aromatic heterocycles. The summed E-state index contributed by atoms with van der Waals surface area (Å²) >= 11 is 1.76. The van der Waals surface area contributed by atoms with Gasteiger partial charge in [0, 0.05) is 23.7 Å². The van der Waals surface area contributed by atoms with Crippen LogP contribution in [-0.4, -0.2) is 4.98 Å². The highest BCUT2D eigenvalue weighted by Gasteiger charge is 2.07. The van der Waals surface area contributed by atoms with Gasteiger partial charge in [0.1, 0.15) is 0 Å². The minimum Gasteiger partial charge on any atom is -0.305 e. The van der Waals surface area contributed by atoms with Gasteiger partial charge in [-0.15, -0.1) is 11.3 Å². The Balaban J connectivity index is 1.99. The molecule has 0 bridgehead atoms. The molecule has 1 unspecified atom stereocenters. The maximum atomic E-state index is 4.27. The molecule has 0 aliphatic heterocycles.